The van der Waals surface area contributed by atoms with Crippen molar-refractivity contribution in [2.45, 2.75) is 47.7 Å². The molecule has 338 valence electrons. The minimum Gasteiger partial charge on any atom is -0.508 e. The summed E-state index contributed by atoms with van der Waals surface area (Å²) in [5, 5.41) is 114. The van der Waals surface area contributed by atoms with Crippen LogP contribution < -0.4 is 9.47 Å². The molecule has 2 heterocycles. The lowest BCUT2D eigenvalue weighted by Crippen LogP contribution is -2.26. The molecule has 8 aromatic rings. The molecule has 0 saturated heterocycles. The van der Waals surface area contributed by atoms with Crippen molar-refractivity contribution in [3.63, 3.8) is 0 Å². The van der Waals surface area contributed by atoms with E-state index < -0.39 is 47.7 Å². The van der Waals surface area contributed by atoms with Gasteiger partial charge in [0.25, 0.3) is 0 Å². The molecule has 68 heavy (non-hydrogen) atoms. The Hall–Kier alpha value is -8.64. The first kappa shape index (κ1) is 40.8. The van der Waals surface area contributed by atoms with Crippen LogP contribution in [0, 0.1) is 0 Å². The van der Waals surface area contributed by atoms with E-state index in [1.807, 2.05) is 0 Å². The van der Waals surface area contributed by atoms with Gasteiger partial charge < -0.3 is 60.5 Å². The zero-order chi connectivity index (χ0) is 46.9. The monoisotopic (exact) mass is 906 g/mol. The highest BCUT2D eigenvalue weighted by atomic mass is 16.5. The number of benzene rings is 8. The molecule has 0 aromatic heterocycles. The number of aromatic hydroxyl groups is 10. The van der Waals surface area contributed by atoms with Crippen molar-refractivity contribution >= 4 is 0 Å². The Kier molecular flexibility index (Phi) is 8.97. The molecule has 0 saturated carbocycles. The summed E-state index contributed by atoms with van der Waals surface area (Å²) in [7, 11) is 0. The summed E-state index contributed by atoms with van der Waals surface area (Å²) in [5.41, 5.74) is 6.75. The molecule has 8 aromatic carbocycles. The fraction of sp³-hybridized carbons (Fsp3) is 0.143. The van der Waals surface area contributed by atoms with Gasteiger partial charge in [-0.2, -0.15) is 0 Å². The van der Waals surface area contributed by atoms with Crippen molar-refractivity contribution in [3.05, 3.63) is 212 Å². The van der Waals surface area contributed by atoms with Crippen LogP contribution in [0.4, 0.5) is 0 Å². The molecule has 12 heteroatoms. The molecule has 12 rings (SSSR count). The smallest absolute Gasteiger partial charge is 0.135 e. The van der Waals surface area contributed by atoms with Gasteiger partial charge in [0.1, 0.15) is 81.2 Å². The van der Waals surface area contributed by atoms with E-state index in [0.717, 1.165) is 0 Å². The molecule has 0 bridgehead atoms. The van der Waals surface area contributed by atoms with Crippen LogP contribution in [0.1, 0.15) is 114 Å². The molecule has 0 spiro atoms. The van der Waals surface area contributed by atoms with Crippen LogP contribution in [0.15, 0.2) is 146 Å². The number of phenols is 10. The molecule has 8 atom stereocenters. The van der Waals surface area contributed by atoms with E-state index in [2.05, 4.69) is 0 Å². The molecule has 0 unspecified atom stereocenters. The highest BCUT2D eigenvalue weighted by Gasteiger charge is 2.55. The standard InChI is InChI=1S/C56H42O12/c57-29-9-1-25(2-10-29)45-47-37(17-33(61)21-41(47)65)53-49-39(19-35(63)23-43(49)67-55(53)27-5-13-31(59)14-6-27)51(45)52-40-20-36(64)24-44-50(40)54(56(68-44)28-7-15-32(60)16-8-28)38-18-34(62)22-42(66)48(38)46(52)26-3-11-30(58)12-4-26/h1-24,45-46,51-66H/t45-,46+,51-,52+,53-,54-,55+,56+/m0/s1. The van der Waals surface area contributed by atoms with E-state index >= 15 is 0 Å². The average molecular weight is 907 g/mol. The molecule has 12 nitrogen and oxygen atoms in total. The lowest BCUT2D eigenvalue weighted by Gasteiger charge is -2.40. The van der Waals surface area contributed by atoms with Gasteiger partial charge >= 0.3 is 0 Å². The van der Waals surface area contributed by atoms with Gasteiger partial charge in [0.2, 0.25) is 0 Å². The molecule has 0 amide bonds. The van der Waals surface area contributed by atoms with E-state index in [9.17, 15) is 51.1 Å². The van der Waals surface area contributed by atoms with Gasteiger partial charge in [-0.15, -0.1) is 0 Å². The summed E-state index contributed by atoms with van der Waals surface area (Å²) in [6.45, 7) is 0. The third-order valence-electron chi connectivity index (χ3n) is 14.5. The normalized spacial score (nSPS) is 22.6. The first-order chi connectivity index (χ1) is 32.8. The summed E-state index contributed by atoms with van der Waals surface area (Å²) in [4.78, 5) is 0. The second kappa shape index (κ2) is 14.9. The predicted octanol–water partition coefficient (Wildman–Crippen LogP) is 10.4. The first-order valence-electron chi connectivity index (χ1n) is 22.2. The Morgan fingerprint density at radius 1 is 0.265 bits per heavy atom. The molecule has 0 radical (unpaired) electrons. The maximum atomic E-state index is 12.5. The second-order valence-corrected chi connectivity index (χ2v) is 18.2. The highest BCUT2D eigenvalue weighted by molar-refractivity contribution is 5.71. The number of hydrogen-bond donors (Lipinski definition) is 10. The van der Waals surface area contributed by atoms with Crippen molar-refractivity contribution in [2.75, 3.05) is 0 Å². The summed E-state index contributed by atoms with van der Waals surface area (Å²) >= 11 is 0. The third kappa shape index (κ3) is 6.20. The van der Waals surface area contributed by atoms with Crippen LogP contribution >= 0.6 is 0 Å². The Labute approximate surface area is 388 Å². The Morgan fingerprint density at radius 2 is 0.559 bits per heavy atom. The fourth-order valence-corrected chi connectivity index (χ4v) is 12.0. The van der Waals surface area contributed by atoms with Crippen molar-refractivity contribution in [2.24, 2.45) is 0 Å². The molecule has 2 aliphatic heterocycles. The van der Waals surface area contributed by atoms with Crippen molar-refractivity contribution in [1.29, 1.82) is 0 Å². The molecule has 10 N–H and O–H groups in total. The van der Waals surface area contributed by atoms with Crippen molar-refractivity contribution < 1.29 is 60.5 Å². The molecule has 2 aliphatic carbocycles. The number of hydrogen-bond acceptors (Lipinski definition) is 12. The summed E-state index contributed by atoms with van der Waals surface area (Å²) < 4.78 is 13.7. The number of fused-ring (bicyclic) bond motifs is 4. The summed E-state index contributed by atoms with van der Waals surface area (Å²) in [6.07, 6.45) is -1.62. The summed E-state index contributed by atoms with van der Waals surface area (Å²) in [6, 6.07) is 38.4. The van der Waals surface area contributed by atoms with E-state index in [1.165, 1.54) is 24.3 Å². The van der Waals surface area contributed by atoms with Crippen LogP contribution in [0.3, 0.4) is 0 Å². The van der Waals surface area contributed by atoms with Gasteiger partial charge in [0.15, 0.2) is 0 Å². The number of rotatable bonds is 5. The van der Waals surface area contributed by atoms with Gasteiger partial charge in [-0.3, -0.25) is 0 Å². The molecule has 0 fully saturated rings. The SMILES string of the molecule is Oc1ccc([C@@H]2c3c(O)cc(O)cc3[C@H]3c4c(cc(O)cc4[C@H]2[C@H]2c4cc(O)cc5c4[C@H](c4cc(O)cc(O)c4[C@@H]2c2ccc(O)cc2)[C@@H](c2ccc(O)cc2)O5)O[C@@H]3c2ccc(O)cc2)cc1. The summed E-state index contributed by atoms with van der Waals surface area (Å²) in [5.74, 6) is -5.69. The van der Waals surface area contributed by atoms with E-state index in [-0.39, 0.29) is 57.5 Å². The zero-order valence-corrected chi connectivity index (χ0v) is 35.8. The minimum absolute atomic E-state index is 0.0182. The lowest BCUT2D eigenvalue weighted by molar-refractivity contribution is 0.221. The van der Waals surface area contributed by atoms with Crippen LogP contribution in [0.2, 0.25) is 0 Å². The van der Waals surface area contributed by atoms with Crippen LogP contribution in [0.5, 0.6) is 69.0 Å². The van der Waals surface area contributed by atoms with Crippen LogP contribution in [-0.2, 0) is 0 Å². The van der Waals surface area contributed by atoms with Crippen molar-refractivity contribution in [3.8, 4) is 69.0 Å². The van der Waals surface area contributed by atoms with E-state index in [4.69, 9.17) is 9.47 Å². The topological polar surface area (TPSA) is 221 Å². The Morgan fingerprint density at radius 3 is 0.897 bits per heavy atom. The largest absolute Gasteiger partial charge is 0.508 e. The van der Waals surface area contributed by atoms with Gasteiger partial charge in [0.05, 0.1) is 11.8 Å². The molecular weight excluding hydrogens is 865 g/mol. The molecular formula is C56H42O12. The Bertz CT molecular complexity index is 3110. The average Bonchev–Trinajstić information content (AvgIpc) is 3.81. The van der Waals surface area contributed by atoms with Gasteiger partial charge in [-0.25, -0.2) is 0 Å². The lowest BCUT2D eigenvalue weighted by atomic mass is 9.62. The van der Waals surface area contributed by atoms with Crippen molar-refractivity contribution in [1.82, 2.24) is 0 Å². The molecule has 4 aliphatic rings. The first-order valence-corrected chi connectivity index (χ1v) is 22.2. The maximum Gasteiger partial charge on any atom is 0.135 e. The number of phenolic OH excluding ortho intramolecular Hbond substituents is 10. The second-order valence-electron chi connectivity index (χ2n) is 18.2. The zero-order valence-electron chi connectivity index (χ0n) is 35.8. The third-order valence-corrected chi connectivity index (χ3v) is 14.5. The van der Waals surface area contributed by atoms with Crippen LogP contribution in [-0.4, -0.2) is 51.1 Å². The highest BCUT2D eigenvalue weighted by Crippen LogP contribution is 2.69. The number of ether oxygens (including phenoxy) is 2. The van der Waals surface area contributed by atoms with Gasteiger partial charge in [-0.05, 0) is 117 Å². The van der Waals surface area contributed by atoms with E-state index in [1.54, 1.807) is 121 Å². The minimum atomic E-state index is -0.918. The van der Waals surface area contributed by atoms with E-state index in [0.29, 0.717) is 78.3 Å². The van der Waals surface area contributed by atoms with Gasteiger partial charge in [0, 0.05) is 70.2 Å². The Balaban J connectivity index is 1.25. The quantitative estimate of drug-likeness (QED) is 0.0780. The van der Waals surface area contributed by atoms with Crippen LogP contribution in [0.25, 0.3) is 0 Å². The predicted molar refractivity (Wildman–Crippen MR) is 248 cm³/mol. The van der Waals surface area contributed by atoms with Gasteiger partial charge in [-0.1, -0.05) is 48.5 Å². The maximum absolute atomic E-state index is 12.5. The fourth-order valence-electron chi connectivity index (χ4n) is 12.0.